The lowest BCUT2D eigenvalue weighted by Gasteiger charge is -2.07. The van der Waals surface area contributed by atoms with Crippen molar-refractivity contribution in [2.45, 2.75) is 13.3 Å². The number of nitro groups is 1. The number of anilines is 1. The average molecular weight is 285 g/mol. The van der Waals surface area contributed by atoms with Gasteiger partial charge in [0.2, 0.25) is 0 Å². The number of ether oxygens (including phenoxy) is 1. The molecule has 0 saturated heterocycles. The number of pyridine rings is 1. The topological polar surface area (TPSA) is 77.3 Å². The first kappa shape index (κ1) is 13.4. The lowest BCUT2D eigenvalue weighted by molar-refractivity contribution is -0.384. The Kier molecular flexibility index (Phi) is 3.43. The summed E-state index contributed by atoms with van der Waals surface area (Å²) in [4.78, 5) is 15.1. The van der Waals surface area contributed by atoms with Crippen LogP contribution in [0.1, 0.15) is 12.5 Å². The second kappa shape index (κ2) is 5.40. The van der Waals surface area contributed by atoms with E-state index >= 15 is 0 Å². The number of hydrogen-bond donors (Lipinski definition) is 1. The Morgan fingerprint density at radius 1 is 1.38 bits per heavy atom. The Morgan fingerprint density at radius 3 is 3.00 bits per heavy atom. The fraction of sp³-hybridized carbons (Fsp3) is 0.267. The van der Waals surface area contributed by atoms with Crippen LogP contribution in [0.3, 0.4) is 0 Å². The number of rotatable bonds is 4. The summed E-state index contributed by atoms with van der Waals surface area (Å²) in [5.74, 6) is 1.40. The van der Waals surface area contributed by atoms with Crippen LogP contribution in [0.5, 0.6) is 5.75 Å². The molecule has 0 saturated carbocycles. The molecule has 1 N–H and O–H groups in total. The molecule has 6 nitrogen and oxygen atoms in total. The molecule has 3 rings (SSSR count). The van der Waals surface area contributed by atoms with Gasteiger partial charge in [0.15, 0.2) is 0 Å². The van der Waals surface area contributed by atoms with Crippen LogP contribution in [-0.2, 0) is 6.42 Å². The van der Waals surface area contributed by atoms with Crippen molar-refractivity contribution in [3.8, 4) is 17.0 Å². The summed E-state index contributed by atoms with van der Waals surface area (Å²) in [5, 5.41) is 14.1. The highest BCUT2D eigenvalue weighted by molar-refractivity contribution is 5.67. The molecule has 2 heterocycles. The lowest BCUT2D eigenvalue weighted by Crippen LogP contribution is -2.01. The van der Waals surface area contributed by atoms with E-state index in [2.05, 4.69) is 10.3 Å². The highest BCUT2D eigenvalue weighted by Crippen LogP contribution is 2.31. The van der Waals surface area contributed by atoms with E-state index in [1.165, 1.54) is 12.1 Å². The molecule has 0 amide bonds. The van der Waals surface area contributed by atoms with Gasteiger partial charge in [-0.25, -0.2) is 4.98 Å². The summed E-state index contributed by atoms with van der Waals surface area (Å²) in [6, 6.07) is 8.71. The summed E-state index contributed by atoms with van der Waals surface area (Å²) in [6.45, 7) is 3.27. The molecule has 0 radical (unpaired) electrons. The number of aromatic nitrogens is 1. The van der Waals surface area contributed by atoms with Crippen LogP contribution in [-0.4, -0.2) is 23.1 Å². The van der Waals surface area contributed by atoms with Gasteiger partial charge in [-0.1, -0.05) is 0 Å². The van der Waals surface area contributed by atoms with Crippen LogP contribution in [0.4, 0.5) is 11.5 Å². The van der Waals surface area contributed by atoms with Gasteiger partial charge in [-0.15, -0.1) is 0 Å². The monoisotopic (exact) mass is 285 g/mol. The van der Waals surface area contributed by atoms with Gasteiger partial charge < -0.3 is 10.1 Å². The minimum atomic E-state index is -0.400. The maximum Gasteiger partial charge on any atom is 0.275 e. The van der Waals surface area contributed by atoms with Gasteiger partial charge >= 0.3 is 0 Å². The van der Waals surface area contributed by atoms with Crippen molar-refractivity contribution in [3.05, 3.63) is 46.0 Å². The van der Waals surface area contributed by atoms with Crippen molar-refractivity contribution in [2.75, 3.05) is 18.5 Å². The van der Waals surface area contributed by atoms with Crippen LogP contribution in [0.15, 0.2) is 30.3 Å². The van der Waals surface area contributed by atoms with Gasteiger partial charge in [-0.3, -0.25) is 10.1 Å². The molecule has 108 valence electrons. The summed E-state index contributed by atoms with van der Waals surface area (Å²) in [7, 11) is 0. The van der Waals surface area contributed by atoms with Gasteiger partial charge in [0, 0.05) is 24.6 Å². The van der Waals surface area contributed by atoms with Gasteiger partial charge in [-0.05, 0) is 30.7 Å². The minimum Gasteiger partial charge on any atom is -0.493 e. The largest absolute Gasteiger partial charge is 0.493 e. The molecule has 0 unspecified atom stereocenters. The van der Waals surface area contributed by atoms with E-state index in [1.807, 2.05) is 25.1 Å². The zero-order valence-electron chi connectivity index (χ0n) is 11.6. The third kappa shape index (κ3) is 2.65. The SMILES string of the molecule is CCNc1cc([N+](=O)[O-])cc(-c2ccc3c(c2)CCO3)n1. The molecule has 0 bridgehead atoms. The van der Waals surface area contributed by atoms with Crippen LogP contribution >= 0.6 is 0 Å². The molecule has 0 atom stereocenters. The molecule has 1 aliphatic rings. The fourth-order valence-corrected chi connectivity index (χ4v) is 2.39. The zero-order chi connectivity index (χ0) is 14.8. The van der Waals surface area contributed by atoms with E-state index in [-0.39, 0.29) is 5.69 Å². The first-order valence-corrected chi connectivity index (χ1v) is 6.84. The molecule has 6 heteroatoms. The Morgan fingerprint density at radius 2 is 2.24 bits per heavy atom. The third-order valence-corrected chi connectivity index (χ3v) is 3.36. The van der Waals surface area contributed by atoms with E-state index in [9.17, 15) is 10.1 Å². The van der Waals surface area contributed by atoms with Crippen molar-refractivity contribution < 1.29 is 9.66 Å². The molecule has 1 aromatic carbocycles. The van der Waals surface area contributed by atoms with E-state index in [4.69, 9.17) is 4.74 Å². The first-order valence-electron chi connectivity index (χ1n) is 6.84. The number of fused-ring (bicyclic) bond motifs is 1. The van der Waals surface area contributed by atoms with E-state index in [0.717, 1.165) is 23.3 Å². The van der Waals surface area contributed by atoms with Gasteiger partial charge in [0.05, 0.1) is 23.3 Å². The van der Waals surface area contributed by atoms with Crippen LogP contribution in [0, 0.1) is 10.1 Å². The standard InChI is InChI=1S/C15H15N3O3/c1-2-16-15-9-12(18(19)20)8-13(17-15)10-3-4-14-11(7-10)5-6-21-14/h3-4,7-9H,2,5-6H2,1H3,(H,16,17). The first-order chi connectivity index (χ1) is 10.2. The molecular weight excluding hydrogens is 270 g/mol. The maximum atomic E-state index is 11.1. The van der Waals surface area contributed by atoms with Gasteiger partial charge in [0.25, 0.3) is 5.69 Å². The molecule has 0 aliphatic carbocycles. The molecular formula is C15H15N3O3. The highest BCUT2D eigenvalue weighted by Gasteiger charge is 2.16. The summed E-state index contributed by atoms with van der Waals surface area (Å²) >= 11 is 0. The molecule has 1 aromatic heterocycles. The number of nitrogens with zero attached hydrogens (tertiary/aromatic N) is 2. The quantitative estimate of drug-likeness (QED) is 0.690. The number of hydrogen-bond acceptors (Lipinski definition) is 5. The number of nitrogens with one attached hydrogen (secondary N) is 1. The normalized spacial score (nSPS) is 12.6. The maximum absolute atomic E-state index is 11.1. The highest BCUT2D eigenvalue weighted by atomic mass is 16.6. The van der Waals surface area contributed by atoms with Crippen molar-refractivity contribution in [2.24, 2.45) is 0 Å². The van der Waals surface area contributed by atoms with Crippen LogP contribution < -0.4 is 10.1 Å². The molecule has 0 fully saturated rings. The predicted octanol–water partition coefficient (Wildman–Crippen LogP) is 3.02. The predicted molar refractivity (Wildman–Crippen MR) is 79.7 cm³/mol. The second-order valence-electron chi connectivity index (χ2n) is 4.80. The third-order valence-electron chi connectivity index (χ3n) is 3.36. The Labute approximate surface area is 121 Å². The summed E-state index contributed by atoms with van der Waals surface area (Å²) in [5.41, 5.74) is 2.61. The van der Waals surface area contributed by atoms with Gasteiger partial charge in [-0.2, -0.15) is 0 Å². The Bertz CT molecular complexity index is 701. The molecule has 1 aliphatic heterocycles. The summed E-state index contributed by atoms with van der Waals surface area (Å²) in [6.07, 6.45) is 0.859. The lowest BCUT2D eigenvalue weighted by atomic mass is 10.1. The Balaban J connectivity index is 2.06. The van der Waals surface area contributed by atoms with Crippen molar-refractivity contribution in [1.82, 2.24) is 4.98 Å². The second-order valence-corrected chi connectivity index (χ2v) is 4.80. The smallest absolute Gasteiger partial charge is 0.275 e. The molecule has 0 spiro atoms. The van der Waals surface area contributed by atoms with Crippen molar-refractivity contribution in [1.29, 1.82) is 0 Å². The molecule has 2 aromatic rings. The van der Waals surface area contributed by atoms with E-state index < -0.39 is 4.92 Å². The van der Waals surface area contributed by atoms with E-state index in [1.54, 1.807) is 0 Å². The number of benzene rings is 1. The van der Waals surface area contributed by atoms with Crippen LogP contribution in [0.2, 0.25) is 0 Å². The van der Waals surface area contributed by atoms with Crippen LogP contribution in [0.25, 0.3) is 11.3 Å². The van der Waals surface area contributed by atoms with Gasteiger partial charge in [0.1, 0.15) is 11.6 Å². The van der Waals surface area contributed by atoms with Crippen molar-refractivity contribution >= 4 is 11.5 Å². The Hall–Kier alpha value is -2.63. The fourth-order valence-electron chi connectivity index (χ4n) is 2.39. The summed E-state index contributed by atoms with van der Waals surface area (Å²) < 4.78 is 5.47. The minimum absolute atomic E-state index is 0.0349. The van der Waals surface area contributed by atoms with Crippen molar-refractivity contribution in [3.63, 3.8) is 0 Å². The molecule has 21 heavy (non-hydrogen) atoms. The van der Waals surface area contributed by atoms with E-state index in [0.29, 0.717) is 24.7 Å². The average Bonchev–Trinajstić information content (AvgIpc) is 2.94. The zero-order valence-corrected chi connectivity index (χ0v) is 11.6.